The van der Waals surface area contributed by atoms with E-state index in [1.807, 2.05) is 67.8 Å². The fourth-order valence-electron chi connectivity index (χ4n) is 1.52. The van der Waals surface area contributed by atoms with Crippen molar-refractivity contribution in [2.24, 2.45) is 5.84 Å². The maximum Gasteiger partial charge on any atom is 0.337 e. The van der Waals surface area contributed by atoms with Gasteiger partial charge in [0.25, 0.3) is 0 Å². The third-order valence-electron chi connectivity index (χ3n) is 2.44. The molecular weight excluding hydrogens is 605 g/mol. The van der Waals surface area contributed by atoms with E-state index < -0.39 is 11.9 Å². The van der Waals surface area contributed by atoms with E-state index in [9.17, 15) is 19.5 Å². The number of carboxylic acids is 1. The molecule has 0 saturated carbocycles. The van der Waals surface area contributed by atoms with Crippen LogP contribution in [0, 0.1) is 10.7 Å². The Kier molecular flexibility index (Phi) is 6.15. The zero-order valence-corrected chi connectivity index (χ0v) is 16.8. The second kappa shape index (κ2) is 6.83. The summed E-state index contributed by atoms with van der Waals surface area (Å²) in [5.74, 6) is 3.79. The van der Waals surface area contributed by atoms with Crippen LogP contribution >= 0.6 is 67.8 Å². The SMILES string of the molecule is CC(=O)c1c(I)c(C(=O)O)c(I)c(N(N)C(C)=O)c1I. The molecule has 6 nitrogen and oxygen atoms in total. The topological polar surface area (TPSA) is 101 Å². The first-order chi connectivity index (χ1) is 9.11. The number of Topliss-reactive ketones (excluding diaryl/α,β-unsaturated/α-hetero) is 1. The van der Waals surface area contributed by atoms with Gasteiger partial charge >= 0.3 is 5.97 Å². The van der Waals surface area contributed by atoms with Gasteiger partial charge in [0.15, 0.2) is 5.78 Å². The number of halogens is 3. The molecule has 0 fully saturated rings. The summed E-state index contributed by atoms with van der Waals surface area (Å²) in [5, 5.41) is 10.2. The second-order valence-corrected chi connectivity index (χ2v) is 7.03. The average molecular weight is 614 g/mol. The Morgan fingerprint density at radius 3 is 1.80 bits per heavy atom. The van der Waals surface area contributed by atoms with Gasteiger partial charge in [0.1, 0.15) is 0 Å². The van der Waals surface area contributed by atoms with Crippen molar-refractivity contribution in [3.8, 4) is 0 Å². The summed E-state index contributed by atoms with van der Waals surface area (Å²) in [6, 6.07) is 0. The molecule has 0 aliphatic carbocycles. The van der Waals surface area contributed by atoms with E-state index in [0.717, 1.165) is 5.01 Å². The third kappa shape index (κ3) is 3.24. The summed E-state index contributed by atoms with van der Waals surface area (Å²) < 4.78 is 1.13. The van der Waals surface area contributed by atoms with E-state index in [0.29, 0.717) is 10.7 Å². The molecular formula is C11H9I3N2O4. The molecule has 0 unspecified atom stereocenters. The predicted molar refractivity (Wildman–Crippen MR) is 98.9 cm³/mol. The third-order valence-corrected chi connectivity index (χ3v) is 5.62. The summed E-state index contributed by atoms with van der Waals surface area (Å²) in [4.78, 5) is 34.6. The Hall–Kier alpha value is -0.0200. The van der Waals surface area contributed by atoms with Crippen molar-refractivity contribution in [1.29, 1.82) is 0 Å². The molecule has 0 aliphatic rings. The minimum atomic E-state index is -1.17. The number of nitrogens with zero attached hydrogens (tertiary/aromatic N) is 1. The first-order valence-corrected chi connectivity index (χ1v) is 8.34. The van der Waals surface area contributed by atoms with Gasteiger partial charge in [-0.3, -0.25) is 9.59 Å². The molecule has 0 aliphatic heterocycles. The molecule has 20 heavy (non-hydrogen) atoms. The number of anilines is 1. The molecule has 1 amide bonds. The number of hydrogen-bond acceptors (Lipinski definition) is 4. The average Bonchev–Trinajstić information content (AvgIpc) is 2.26. The monoisotopic (exact) mass is 614 g/mol. The minimum absolute atomic E-state index is 0.0245. The number of amides is 1. The number of aromatic carboxylic acids is 1. The molecule has 0 aromatic heterocycles. The molecule has 0 heterocycles. The van der Waals surface area contributed by atoms with Crippen LogP contribution in [0.5, 0.6) is 0 Å². The van der Waals surface area contributed by atoms with Crippen LogP contribution < -0.4 is 10.9 Å². The van der Waals surface area contributed by atoms with Crippen LogP contribution in [-0.4, -0.2) is 22.8 Å². The van der Waals surface area contributed by atoms with E-state index in [4.69, 9.17) is 5.84 Å². The Bertz CT molecular complexity index is 590. The van der Waals surface area contributed by atoms with E-state index in [2.05, 4.69) is 0 Å². The molecule has 0 saturated heterocycles. The van der Waals surface area contributed by atoms with Crippen molar-refractivity contribution >= 4 is 91.1 Å². The molecule has 0 spiro atoms. The van der Waals surface area contributed by atoms with E-state index in [-0.39, 0.29) is 22.6 Å². The lowest BCUT2D eigenvalue weighted by atomic mass is 10.1. The van der Waals surface area contributed by atoms with Crippen molar-refractivity contribution in [3.63, 3.8) is 0 Å². The molecule has 1 aromatic carbocycles. The van der Waals surface area contributed by atoms with Crippen molar-refractivity contribution in [1.82, 2.24) is 0 Å². The van der Waals surface area contributed by atoms with Gasteiger partial charge in [0, 0.05) is 16.1 Å². The van der Waals surface area contributed by atoms with Crippen molar-refractivity contribution in [3.05, 3.63) is 21.8 Å². The summed E-state index contributed by atoms with van der Waals surface area (Å²) in [5.41, 5.74) is 0.473. The standard InChI is InChI=1S/C11H9I3N2O4/c1-3(17)5-7(12)6(11(19)20)9(14)10(8(5)13)16(15)4(2)18/h15H2,1-2H3,(H,19,20). The van der Waals surface area contributed by atoms with Gasteiger partial charge in [-0.2, -0.15) is 0 Å². The number of rotatable bonds is 3. The Balaban J connectivity index is 3.90. The zero-order chi connectivity index (χ0) is 15.8. The smallest absolute Gasteiger partial charge is 0.337 e. The fourth-order valence-corrected chi connectivity index (χ4v) is 6.42. The van der Waals surface area contributed by atoms with Gasteiger partial charge in [0.05, 0.1) is 18.4 Å². The lowest BCUT2D eigenvalue weighted by Gasteiger charge is -2.22. The van der Waals surface area contributed by atoms with Crippen LogP contribution in [-0.2, 0) is 4.79 Å². The Morgan fingerprint density at radius 1 is 1.00 bits per heavy atom. The maximum atomic E-state index is 11.8. The summed E-state index contributed by atoms with van der Waals surface area (Å²) in [7, 11) is 0. The van der Waals surface area contributed by atoms with Gasteiger partial charge in [-0.05, 0) is 74.7 Å². The summed E-state index contributed by atoms with van der Waals surface area (Å²) in [6.45, 7) is 2.61. The highest BCUT2D eigenvalue weighted by Crippen LogP contribution is 2.37. The van der Waals surface area contributed by atoms with Crippen molar-refractivity contribution in [2.45, 2.75) is 13.8 Å². The highest BCUT2D eigenvalue weighted by molar-refractivity contribution is 14.1. The summed E-state index contributed by atoms with van der Waals surface area (Å²) >= 11 is 5.54. The number of carbonyl (C=O) groups excluding carboxylic acids is 2. The molecule has 9 heteroatoms. The van der Waals surface area contributed by atoms with Crippen molar-refractivity contribution < 1.29 is 19.5 Å². The fraction of sp³-hybridized carbons (Fsp3) is 0.182. The van der Waals surface area contributed by atoms with Crippen LogP contribution in [0.3, 0.4) is 0 Å². The Morgan fingerprint density at radius 2 is 1.45 bits per heavy atom. The number of hydrazine groups is 1. The molecule has 1 rings (SSSR count). The first-order valence-electron chi connectivity index (χ1n) is 5.11. The minimum Gasteiger partial charge on any atom is -0.478 e. The molecule has 0 radical (unpaired) electrons. The normalized spacial score (nSPS) is 10.3. The maximum absolute atomic E-state index is 11.8. The van der Waals surface area contributed by atoms with Gasteiger partial charge in [0.2, 0.25) is 5.91 Å². The number of ketones is 1. The Labute approximate surface area is 155 Å². The number of nitrogens with two attached hydrogens (primary N) is 1. The second-order valence-electron chi connectivity index (χ2n) is 3.79. The lowest BCUT2D eigenvalue weighted by Crippen LogP contribution is -2.37. The van der Waals surface area contributed by atoms with Gasteiger partial charge in [-0.1, -0.05) is 0 Å². The van der Waals surface area contributed by atoms with Crippen LogP contribution in [0.15, 0.2) is 0 Å². The zero-order valence-electron chi connectivity index (χ0n) is 10.3. The predicted octanol–water partition coefficient (Wildman–Crippen LogP) is 2.63. The number of benzene rings is 1. The highest BCUT2D eigenvalue weighted by Gasteiger charge is 2.28. The molecule has 0 bridgehead atoms. The van der Waals surface area contributed by atoms with Gasteiger partial charge in [-0.25, -0.2) is 15.6 Å². The molecule has 0 atom stereocenters. The van der Waals surface area contributed by atoms with Crippen molar-refractivity contribution in [2.75, 3.05) is 5.01 Å². The number of carboxylic acid groups (broad SMARTS) is 1. The quantitative estimate of drug-likeness (QED) is 0.180. The van der Waals surface area contributed by atoms with Crippen LogP contribution in [0.1, 0.15) is 34.6 Å². The number of carbonyl (C=O) groups is 3. The highest BCUT2D eigenvalue weighted by atomic mass is 127. The van der Waals surface area contributed by atoms with Gasteiger partial charge in [-0.15, -0.1) is 0 Å². The largest absolute Gasteiger partial charge is 0.478 e. The first kappa shape index (κ1) is 18.0. The van der Waals surface area contributed by atoms with E-state index in [1.54, 1.807) is 0 Å². The summed E-state index contributed by atoms with van der Waals surface area (Å²) in [6.07, 6.45) is 0. The van der Waals surface area contributed by atoms with E-state index in [1.165, 1.54) is 13.8 Å². The van der Waals surface area contributed by atoms with Gasteiger partial charge < -0.3 is 5.11 Å². The van der Waals surface area contributed by atoms with Crippen LogP contribution in [0.2, 0.25) is 0 Å². The molecule has 1 aromatic rings. The molecule has 3 N–H and O–H groups in total. The lowest BCUT2D eigenvalue weighted by molar-refractivity contribution is -0.116. The molecule has 108 valence electrons. The van der Waals surface area contributed by atoms with E-state index >= 15 is 0 Å². The van der Waals surface area contributed by atoms with Crippen LogP contribution in [0.4, 0.5) is 5.69 Å². The number of hydrogen-bond donors (Lipinski definition) is 2. The van der Waals surface area contributed by atoms with Crippen LogP contribution in [0.25, 0.3) is 0 Å².